The van der Waals surface area contributed by atoms with Gasteiger partial charge in [0, 0.05) is 12.2 Å². The molecule has 1 aliphatic rings. The molecule has 0 saturated heterocycles. The van der Waals surface area contributed by atoms with Crippen molar-refractivity contribution >= 4 is 0 Å². The lowest BCUT2D eigenvalue weighted by molar-refractivity contribution is 0.485. The molecular formula is C11H19N3. The van der Waals surface area contributed by atoms with Crippen molar-refractivity contribution in [3.05, 3.63) is 18.2 Å². The van der Waals surface area contributed by atoms with E-state index in [0.717, 1.165) is 11.6 Å². The minimum Gasteiger partial charge on any atom is -0.330 e. The second kappa shape index (κ2) is 3.09. The predicted molar refractivity (Wildman–Crippen MR) is 56.9 cm³/mol. The maximum atomic E-state index is 6.09. The van der Waals surface area contributed by atoms with Crippen LogP contribution in [0.25, 0.3) is 0 Å². The molecule has 0 aliphatic heterocycles. The Morgan fingerprint density at radius 1 is 1.64 bits per heavy atom. The molecule has 2 N–H and O–H groups in total. The number of hydrogen-bond donors (Lipinski definition) is 1. The molecule has 0 aromatic carbocycles. The lowest BCUT2D eigenvalue weighted by Gasteiger charge is -2.20. The first-order valence-electron chi connectivity index (χ1n) is 5.35. The lowest BCUT2D eigenvalue weighted by Crippen LogP contribution is -2.31. The summed E-state index contributed by atoms with van der Waals surface area (Å²) in [6.45, 7) is 6.31. The Labute approximate surface area is 85.3 Å². The van der Waals surface area contributed by atoms with Gasteiger partial charge in [-0.05, 0) is 26.2 Å². The van der Waals surface area contributed by atoms with Crippen LogP contribution in [0.4, 0.5) is 0 Å². The van der Waals surface area contributed by atoms with E-state index < -0.39 is 0 Å². The van der Waals surface area contributed by atoms with Crippen LogP contribution in [0.2, 0.25) is 0 Å². The Kier molecular flexibility index (Phi) is 2.14. The molecule has 14 heavy (non-hydrogen) atoms. The molecule has 2 atom stereocenters. The SMILES string of the molecule is CCC1CC1n1cncc1C(C)(C)N. The van der Waals surface area contributed by atoms with Crippen molar-refractivity contribution in [1.82, 2.24) is 9.55 Å². The topological polar surface area (TPSA) is 43.8 Å². The minimum absolute atomic E-state index is 0.280. The van der Waals surface area contributed by atoms with Crippen LogP contribution in [-0.4, -0.2) is 9.55 Å². The zero-order valence-electron chi connectivity index (χ0n) is 9.20. The van der Waals surface area contributed by atoms with E-state index in [0.29, 0.717) is 6.04 Å². The van der Waals surface area contributed by atoms with E-state index in [9.17, 15) is 0 Å². The molecule has 0 spiro atoms. The summed E-state index contributed by atoms with van der Waals surface area (Å²) in [5, 5.41) is 0. The highest BCUT2D eigenvalue weighted by Crippen LogP contribution is 2.46. The maximum Gasteiger partial charge on any atom is 0.0951 e. The van der Waals surface area contributed by atoms with Crippen molar-refractivity contribution in [1.29, 1.82) is 0 Å². The van der Waals surface area contributed by atoms with Gasteiger partial charge in [-0.15, -0.1) is 0 Å². The van der Waals surface area contributed by atoms with Crippen LogP contribution in [0.1, 0.15) is 45.3 Å². The summed E-state index contributed by atoms with van der Waals surface area (Å²) in [7, 11) is 0. The first-order chi connectivity index (χ1) is 6.54. The van der Waals surface area contributed by atoms with Crippen molar-refractivity contribution < 1.29 is 0 Å². The van der Waals surface area contributed by atoms with Crippen molar-refractivity contribution in [2.45, 2.75) is 45.2 Å². The summed E-state index contributed by atoms with van der Waals surface area (Å²) in [5.41, 5.74) is 6.96. The molecule has 1 aliphatic carbocycles. The van der Waals surface area contributed by atoms with Gasteiger partial charge in [-0.2, -0.15) is 0 Å². The average Bonchev–Trinajstić information content (AvgIpc) is 2.70. The summed E-state index contributed by atoms with van der Waals surface area (Å²) < 4.78 is 2.26. The third kappa shape index (κ3) is 1.57. The molecule has 1 saturated carbocycles. The van der Waals surface area contributed by atoms with Crippen LogP contribution in [0.3, 0.4) is 0 Å². The number of hydrogen-bond acceptors (Lipinski definition) is 2. The molecule has 2 unspecified atom stereocenters. The van der Waals surface area contributed by atoms with Gasteiger partial charge < -0.3 is 10.3 Å². The van der Waals surface area contributed by atoms with E-state index in [1.54, 1.807) is 0 Å². The maximum absolute atomic E-state index is 6.09. The zero-order chi connectivity index (χ0) is 10.3. The van der Waals surface area contributed by atoms with E-state index >= 15 is 0 Å². The van der Waals surface area contributed by atoms with E-state index in [1.807, 2.05) is 26.4 Å². The van der Waals surface area contributed by atoms with Crippen molar-refractivity contribution in [3.63, 3.8) is 0 Å². The quantitative estimate of drug-likeness (QED) is 0.798. The van der Waals surface area contributed by atoms with Crippen LogP contribution < -0.4 is 5.73 Å². The normalized spacial score (nSPS) is 26.6. The molecule has 1 fully saturated rings. The second-order valence-electron chi connectivity index (χ2n) is 4.88. The number of rotatable bonds is 3. The molecule has 2 rings (SSSR count). The fourth-order valence-corrected chi connectivity index (χ4v) is 2.08. The van der Waals surface area contributed by atoms with E-state index in [4.69, 9.17) is 5.73 Å². The van der Waals surface area contributed by atoms with Gasteiger partial charge in [0.15, 0.2) is 0 Å². The average molecular weight is 193 g/mol. The van der Waals surface area contributed by atoms with E-state index in [2.05, 4.69) is 16.5 Å². The Bertz CT molecular complexity index is 322. The third-order valence-corrected chi connectivity index (χ3v) is 3.09. The van der Waals surface area contributed by atoms with Gasteiger partial charge in [0.25, 0.3) is 0 Å². The molecule has 0 bridgehead atoms. The Morgan fingerprint density at radius 3 is 2.86 bits per heavy atom. The molecule has 1 heterocycles. The van der Waals surface area contributed by atoms with Crippen LogP contribution >= 0.6 is 0 Å². The number of nitrogens with zero attached hydrogens (tertiary/aromatic N) is 2. The Hall–Kier alpha value is -0.830. The molecule has 1 aromatic rings. The Balaban J connectivity index is 2.24. The summed E-state index contributed by atoms with van der Waals surface area (Å²) >= 11 is 0. The number of imidazole rings is 1. The highest BCUT2D eigenvalue weighted by molar-refractivity contribution is 5.13. The summed E-state index contributed by atoms with van der Waals surface area (Å²) in [6.07, 6.45) is 6.36. The smallest absolute Gasteiger partial charge is 0.0951 e. The van der Waals surface area contributed by atoms with Gasteiger partial charge in [-0.25, -0.2) is 4.98 Å². The molecule has 0 radical (unpaired) electrons. The largest absolute Gasteiger partial charge is 0.330 e. The molecular weight excluding hydrogens is 174 g/mol. The lowest BCUT2D eigenvalue weighted by atomic mass is 10.0. The standard InChI is InChI=1S/C11H19N3/c1-4-8-5-9(8)14-7-13-6-10(14)11(2,3)12/h6-9H,4-5,12H2,1-3H3. The van der Waals surface area contributed by atoms with Crippen molar-refractivity contribution in [2.24, 2.45) is 11.7 Å². The predicted octanol–water partition coefficient (Wildman–Crippen LogP) is 2.05. The number of aromatic nitrogens is 2. The van der Waals surface area contributed by atoms with Crippen LogP contribution in [-0.2, 0) is 5.54 Å². The summed E-state index contributed by atoms with van der Waals surface area (Å²) in [6, 6.07) is 0.653. The van der Waals surface area contributed by atoms with Crippen molar-refractivity contribution in [2.75, 3.05) is 0 Å². The van der Waals surface area contributed by atoms with Crippen LogP contribution in [0.5, 0.6) is 0 Å². The van der Waals surface area contributed by atoms with E-state index in [1.165, 1.54) is 12.8 Å². The van der Waals surface area contributed by atoms with Crippen LogP contribution in [0, 0.1) is 5.92 Å². The highest BCUT2D eigenvalue weighted by atomic mass is 15.1. The summed E-state index contributed by atoms with van der Waals surface area (Å²) in [5.74, 6) is 0.838. The van der Waals surface area contributed by atoms with Gasteiger partial charge in [0.1, 0.15) is 0 Å². The Morgan fingerprint density at radius 2 is 2.36 bits per heavy atom. The molecule has 0 amide bonds. The number of nitrogens with two attached hydrogens (primary N) is 1. The first kappa shape index (κ1) is 9.71. The molecule has 78 valence electrons. The van der Waals surface area contributed by atoms with Crippen molar-refractivity contribution in [3.8, 4) is 0 Å². The van der Waals surface area contributed by atoms with Gasteiger partial charge >= 0.3 is 0 Å². The van der Waals surface area contributed by atoms with Gasteiger partial charge in [-0.3, -0.25) is 0 Å². The summed E-state index contributed by atoms with van der Waals surface area (Å²) in [4.78, 5) is 4.20. The molecule has 3 nitrogen and oxygen atoms in total. The first-order valence-corrected chi connectivity index (χ1v) is 5.35. The fourth-order valence-electron chi connectivity index (χ4n) is 2.08. The minimum atomic E-state index is -0.280. The fraction of sp³-hybridized carbons (Fsp3) is 0.727. The third-order valence-electron chi connectivity index (χ3n) is 3.09. The zero-order valence-corrected chi connectivity index (χ0v) is 9.20. The monoisotopic (exact) mass is 193 g/mol. The molecule has 1 aromatic heterocycles. The molecule has 3 heteroatoms. The van der Waals surface area contributed by atoms with Gasteiger partial charge in [0.2, 0.25) is 0 Å². The highest BCUT2D eigenvalue weighted by Gasteiger charge is 2.39. The van der Waals surface area contributed by atoms with Crippen LogP contribution in [0.15, 0.2) is 12.5 Å². The van der Waals surface area contributed by atoms with E-state index in [-0.39, 0.29) is 5.54 Å². The second-order valence-corrected chi connectivity index (χ2v) is 4.88. The van der Waals surface area contributed by atoms with Gasteiger partial charge in [0.05, 0.1) is 17.6 Å². The van der Waals surface area contributed by atoms with Gasteiger partial charge in [-0.1, -0.05) is 13.3 Å².